The van der Waals surface area contributed by atoms with Crippen molar-refractivity contribution in [2.24, 2.45) is 11.1 Å². The molecule has 2 N–H and O–H groups in total. The molecule has 0 bridgehead atoms. The van der Waals surface area contributed by atoms with Crippen molar-refractivity contribution in [1.82, 2.24) is 9.88 Å². The molecular weight excluding hydrogens is 494 g/mol. The number of nitrogens with two attached hydrogens (primary N) is 1. The van der Waals surface area contributed by atoms with Crippen molar-refractivity contribution in [3.8, 4) is 17.2 Å². The molecule has 0 atom stereocenters. The Morgan fingerprint density at radius 2 is 1.90 bits per heavy atom. The van der Waals surface area contributed by atoms with Crippen molar-refractivity contribution in [2.45, 2.75) is 25.9 Å². The summed E-state index contributed by atoms with van der Waals surface area (Å²) in [5, 5.41) is 2.57. The molecule has 4 aromatic rings. The Bertz CT molecular complexity index is 1580. The van der Waals surface area contributed by atoms with E-state index in [1.54, 1.807) is 19.4 Å². The number of rotatable bonds is 10. The number of Topliss-reactive ketones (excluding diaryl/α,β-unsaturated/α-hetero) is 1. The van der Waals surface area contributed by atoms with Crippen LogP contribution < -0.4 is 19.9 Å². The average molecular weight is 526 g/mol. The minimum Gasteiger partial charge on any atom is -0.493 e. The third kappa shape index (κ3) is 5.00. The number of carbonyl (C=O) groups excluding carboxylic acids is 2. The van der Waals surface area contributed by atoms with E-state index < -0.39 is 5.91 Å². The normalized spacial score (nSPS) is 16.2. The predicted octanol–water partition coefficient (Wildman–Crippen LogP) is 4.51. The zero-order valence-electron chi connectivity index (χ0n) is 21.9. The molecule has 0 radical (unpaired) electrons. The number of pyridine rings is 1. The highest BCUT2D eigenvalue weighted by Crippen LogP contribution is 2.50. The first-order valence-corrected chi connectivity index (χ1v) is 13.3. The maximum Gasteiger partial charge on any atom is 0.249 e. The number of benzene rings is 3. The molecule has 1 aromatic heterocycles. The number of aromatic nitrogens is 1. The Kier molecular flexibility index (Phi) is 6.56. The number of fused-ring (bicyclic) bond motifs is 2. The summed E-state index contributed by atoms with van der Waals surface area (Å²) in [5.74, 6) is 1.88. The molecule has 8 heteroatoms. The summed E-state index contributed by atoms with van der Waals surface area (Å²) in [5.41, 5.74) is 7.71. The zero-order chi connectivity index (χ0) is 27.0. The van der Waals surface area contributed by atoms with E-state index in [-0.39, 0.29) is 5.41 Å². The summed E-state index contributed by atoms with van der Waals surface area (Å²) in [6, 6.07) is 16.9. The number of methoxy groups -OCH3 is 1. The smallest absolute Gasteiger partial charge is 0.249 e. The topological polar surface area (TPSA) is 104 Å². The van der Waals surface area contributed by atoms with Gasteiger partial charge in [0.25, 0.3) is 0 Å². The van der Waals surface area contributed by atoms with Gasteiger partial charge in [-0.15, -0.1) is 0 Å². The second kappa shape index (κ2) is 10.2. The average Bonchev–Trinajstić information content (AvgIpc) is 3.66. The van der Waals surface area contributed by atoms with Gasteiger partial charge in [0, 0.05) is 41.7 Å². The van der Waals surface area contributed by atoms with Gasteiger partial charge in [-0.1, -0.05) is 24.3 Å². The van der Waals surface area contributed by atoms with Crippen molar-refractivity contribution in [2.75, 3.05) is 33.4 Å². The summed E-state index contributed by atoms with van der Waals surface area (Å²) >= 11 is 0. The summed E-state index contributed by atoms with van der Waals surface area (Å²) < 4.78 is 17.9. The van der Waals surface area contributed by atoms with Crippen LogP contribution >= 0.6 is 0 Å². The number of hydrogen-bond donors (Lipinski definition) is 1. The fourth-order valence-electron chi connectivity index (χ4n) is 5.48. The molecule has 39 heavy (non-hydrogen) atoms. The SMILES string of the molecule is COc1cc2c(OCc3ccc4c(C(N)=O)cccc4c3)ccnc2cc1OCCCN1CC(=O)C2(CC2)C1. The van der Waals surface area contributed by atoms with Crippen LogP contribution in [-0.4, -0.2) is 54.9 Å². The highest BCUT2D eigenvalue weighted by molar-refractivity contribution is 6.06. The number of likely N-dealkylation sites (tertiary alicyclic amines) is 1. The minimum absolute atomic E-state index is 0.0172. The van der Waals surface area contributed by atoms with Crippen molar-refractivity contribution >= 4 is 33.4 Å². The van der Waals surface area contributed by atoms with Gasteiger partial charge in [-0.2, -0.15) is 0 Å². The standard InChI is InChI=1S/C31H31N3O5/c1-37-27-15-24-25(16-28(27)38-13-3-12-34-17-29(35)31(19-34)9-10-31)33-11-8-26(24)39-18-20-6-7-22-21(14-20)4-2-5-23(22)30(32)36/h2,4-8,11,14-16H,3,9-10,12-13,17-19H2,1H3,(H2,32,36). The number of ether oxygens (including phenoxy) is 3. The van der Waals surface area contributed by atoms with Gasteiger partial charge in [0.1, 0.15) is 12.4 Å². The number of hydrogen-bond acceptors (Lipinski definition) is 7. The molecule has 1 saturated carbocycles. The molecule has 2 fully saturated rings. The van der Waals surface area contributed by atoms with Crippen molar-refractivity contribution < 1.29 is 23.8 Å². The fourth-order valence-corrected chi connectivity index (χ4v) is 5.48. The highest BCUT2D eigenvalue weighted by Gasteiger charge is 2.54. The molecule has 1 saturated heterocycles. The first kappa shape index (κ1) is 25.1. The predicted molar refractivity (Wildman–Crippen MR) is 148 cm³/mol. The van der Waals surface area contributed by atoms with Crippen LogP contribution in [0.25, 0.3) is 21.7 Å². The Morgan fingerprint density at radius 1 is 1.03 bits per heavy atom. The highest BCUT2D eigenvalue weighted by atomic mass is 16.5. The third-order valence-corrected chi connectivity index (χ3v) is 7.81. The van der Waals surface area contributed by atoms with Crippen LogP contribution in [-0.2, 0) is 11.4 Å². The maximum atomic E-state index is 12.2. The fraction of sp³-hybridized carbons (Fsp3) is 0.323. The summed E-state index contributed by atoms with van der Waals surface area (Å²) in [7, 11) is 1.62. The molecule has 2 aliphatic rings. The molecule has 3 aromatic carbocycles. The molecule has 1 aliphatic heterocycles. The number of nitrogens with zero attached hydrogens (tertiary/aromatic N) is 2. The molecule has 8 nitrogen and oxygen atoms in total. The van der Waals surface area contributed by atoms with Gasteiger partial charge in [-0.25, -0.2) is 0 Å². The van der Waals surface area contributed by atoms with Crippen LogP contribution in [0.2, 0.25) is 0 Å². The van der Waals surface area contributed by atoms with Crippen molar-refractivity contribution in [3.05, 3.63) is 71.9 Å². The second-order valence-corrected chi connectivity index (χ2v) is 10.5. The molecule has 200 valence electrons. The lowest BCUT2D eigenvalue weighted by Crippen LogP contribution is -2.23. The van der Waals surface area contributed by atoms with Gasteiger partial charge in [0.15, 0.2) is 17.3 Å². The van der Waals surface area contributed by atoms with E-state index in [2.05, 4.69) is 9.88 Å². The lowest BCUT2D eigenvalue weighted by Gasteiger charge is -2.16. The monoisotopic (exact) mass is 525 g/mol. The first-order valence-electron chi connectivity index (χ1n) is 13.3. The molecule has 0 unspecified atom stereocenters. The van der Waals surface area contributed by atoms with Crippen LogP contribution in [0.4, 0.5) is 0 Å². The van der Waals surface area contributed by atoms with Gasteiger partial charge < -0.3 is 19.9 Å². The molecule has 1 amide bonds. The molecular formula is C31H31N3O5. The van der Waals surface area contributed by atoms with E-state index >= 15 is 0 Å². The van der Waals surface area contributed by atoms with Gasteiger partial charge in [0.05, 0.1) is 25.8 Å². The Morgan fingerprint density at radius 3 is 2.67 bits per heavy atom. The van der Waals surface area contributed by atoms with Gasteiger partial charge in [0.2, 0.25) is 5.91 Å². The van der Waals surface area contributed by atoms with Crippen LogP contribution in [0.1, 0.15) is 35.2 Å². The van der Waals surface area contributed by atoms with E-state index in [1.165, 1.54) is 0 Å². The van der Waals surface area contributed by atoms with E-state index in [4.69, 9.17) is 19.9 Å². The van der Waals surface area contributed by atoms with Gasteiger partial charge in [-0.05, 0) is 59.9 Å². The van der Waals surface area contributed by atoms with Gasteiger partial charge in [-0.3, -0.25) is 19.5 Å². The maximum absolute atomic E-state index is 12.2. The third-order valence-electron chi connectivity index (χ3n) is 7.81. The largest absolute Gasteiger partial charge is 0.493 e. The van der Waals surface area contributed by atoms with Crippen LogP contribution in [0.3, 0.4) is 0 Å². The lowest BCUT2D eigenvalue weighted by molar-refractivity contribution is -0.120. The van der Waals surface area contributed by atoms with E-state index in [1.807, 2.05) is 48.5 Å². The van der Waals surface area contributed by atoms with Crippen LogP contribution in [0.5, 0.6) is 17.2 Å². The quantitative estimate of drug-likeness (QED) is 0.304. The number of ketones is 1. The summed E-state index contributed by atoms with van der Waals surface area (Å²) in [6.45, 7) is 3.18. The Hall–Kier alpha value is -4.17. The number of carbonyl (C=O) groups is 2. The van der Waals surface area contributed by atoms with E-state index in [9.17, 15) is 9.59 Å². The van der Waals surface area contributed by atoms with Crippen LogP contribution in [0, 0.1) is 5.41 Å². The van der Waals surface area contributed by atoms with Crippen LogP contribution in [0.15, 0.2) is 60.8 Å². The lowest BCUT2D eigenvalue weighted by atomic mass is 10.0. The Balaban J connectivity index is 1.13. The van der Waals surface area contributed by atoms with Crippen molar-refractivity contribution in [3.63, 3.8) is 0 Å². The number of primary amides is 1. The Labute approximate surface area is 226 Å². The summed E-state index contributed by atoms with van der Waals surface area (Å²) in [6.07, 6.45) is 4.64. The summed E-state index contributed by atoms with van der Waals surface area (Å²) in [4.78, 5) is 30.6. The number of amides is 1. The second-order valence-electron chi connectivity index (χ2n) is 10.5. The van der Waals surface area contributed by atoms with Gasteiger partial charge >= 0.3 is 0 Å². The molecule has 6 rings (SSSR count). The molecule has 1 spiro atoms. The van der Waals surface area contributed by atoms with Crippen molar-refractivity contribution in [1.29, 1.82) is 0 Å². The zero-order valence-corrected chi connectivity index (χ0v) is 21.9. The minimum atomic E-state index is -0.445. The van der Waals surface area contributed by atoms with E-state index in [0.717, 1.165) is 59.6 Å². The molecule has 1 aliphatic carbocycles. The van der Waals surface area contributed by atoms with E-state index in [0.29, 0.717) is 48.4 Å². The molecule has 2 heterocycles. The first-order chi connectivity index (χ1) is 19.0.